The van der Waals surface area contributed by atoms with Crippen LogP contribution in [-0.4, -0.2) is 37.6 Å². The van der Waals surface area contributed by atoms with E-state index in [1.54, 1.807) is 6.26 Å². The van der Waals surface area contributed by atoms with Crippen molar-refractivity contribution in [2.75, 3.05) is 37.6 Å². The number of anilines is 1. The molecule has 2 aliphatic heterocycles. The Kier molecular flexibility index (Phi) is 6.49. The van der Waals surface area contributed by atoms with Gasteiger partial charge in [-0.2, -0.15) is 0 Å². The average molecular weight is 368 g/mol. The van der Waals surface area contributed by atoms with Crippen LogP contribution >= 0.6 is 0 Å². The summed E-state index contributed by atoms with van der Waals surface area (Å²) in [6, 6.07) is 13.6. The van der Waals surface area contributed by atoms with Crippen LogP contribution in [0, 0.1) is 0 Å². The van der Waals surface area contributed by atoms with Crippen molar-refractivity contribution in [1.29, 1.82) is 0 Å². The summed E-state index contributed by atoms with van der Waals surface area (Å²) in [7, 11) is 0. The van der Waals surface area contributed by atoms with E-state index in [0.29, 0.717) is 6.04 Å². The molecule has 4 nitrogen and oxygen atoms in total. The number of rotatable bonds is 7. The second-order valence-electron chi connectivity index (χ2n) is 7.97. The zero-order chi connectivity index (χ0) is 18.3. The largest absolute Gasteiger partial charge is 0.468 e. The van der Waals surface area contributed by atoms with Gasteiger partial charge in [-0.05, 0) is 75.0 Å². The van der Waals surface area contributed by atoms with Crippen LogP contribution in [0.15, 0.2) is 47.1 Å². The van der Waals surface area contributed by atoms with E-state index in [4.69, 9.17) is 4.42 Å². The molecule has 4 heteroatoms. The number of furan rings is 1. The molecule has 146 valence electrons. The van der Waals surface area contributed by atoms with Crippen LogP contribution < -0.4 is 10.2 Å². The molecule has 0 amide bonds. The Labute approximate surface area is 163 Å². The minimum Gasteiger partial charge on any atom is -0.468 e. The lowest BCUT2D eigenvalue weighted by atomic mass is 10.1. The Morgan fingerprint density at radius 3 is 2.22 bits per heavy atom. The zero-order valence-corrected chi connectivity index (χ0v) is 16.4. The number of likely N-dealkylation sites (tertiary alicyclic amines) is 1. The molecule has 1 N–H and O–H groups in total. The highest BCUT2D eigenvalue weighted by Crippen LogP contribution is 2.25. The molecule has 1 atom stereocenters. The van der Waals surface area contributed by atoms with Gasteiger partial charge in [-0.1, -0.05) is 18.6 Å². The molecule has 0 saturated carbocycles. The number of nitrogens with zero attached hydrogens (tertiary/aromatic N) is 2. The van der Waals surface area contributed by atoms with E-state index in [-0.39, 0.29) is 0 Å². The second kappa shape index (κ2) is 9.43. The minimum atomic E-state index is 0.341. The zero-order valence-electron chi connectivity index (χ0n) is 16.4. The maximum Gasteiger partial charge on any atom is 0.122 e. The first-order valence-electron chi connectivity index (χ1n) is 10.7. The van der Waals surface area contributed by atoms with Crippen molar-refractivity contribution in [3.05, 3.63) is 54.0 Å². The van der Waals surface area contributed by atoms with E-state index >= 15 is 0 Å². The molecule has 1 aromatic heterocycles. The highest BCUT2D eigenvalue weighted by atomic mass is 16.3. The summed E-state index contributed by atoms with van der Waals surface area (Å²) in [6.45, 7) is 6.61. The van der Waals surface area contributed by atoms with Gasteiger partial charge in [0.15, 0.2) is 0 Å². The number of hydrogen-bond donors (Lipinski definition) is 1. The summed E-state index contributed by atoms with van der Waals surface area (Å²) in [5.41, 5.74) is 2.73. The van der Waals surface area contributed by atoms with Crippen LogP contribution in [0.4, 0.5) is 5.69 Å². The van der Waals surface area contributed by atoms with Gasteiger partial charge in [0.25, 0.3) is 0 Å². The number of hydrogen-bond acceptors (Lipinski definition) is 4. The van der Waals surface area contributed by atoms with Crippen molar-refractivity contribution in [2.24, 2.45) is 0 Å². The maximum absolute atomic E-state index is 5.75. The van der Waals surface area contributed by atoms with Gasteiger partial charge < -0.3 is 14.6 Å². The fourth-order valence-electron chi connectivity index (χ4n) is 4.45. The molecule has 2 aliphatic rings. The van der Waals surface area contributed by atoms with Crippen LogP contribution in [0.2, 0.25) is 0 Å². The Morgan fingerprint density at radius 2 is 1.56 bits per heavy atom. The van der Waals surface area contributed by atoms with Crippen LogP contribution in [0.5, 0.6) is 0 Å². The SMILES string of the molecule is c1coc(C(CNCc2ccc(N3CCCCC3)cc2)N2CCCCC2)c1. The third kappa shape index (κ3) is 4.94. The monoisotopic (exact) mass is 367 g/mol. The fraction of sp³-hybridized carbons (Fsp3) is 0.565. The summed E-state index contributed by atoms with van der Waals surface area (Å²) in [5, 5.41) is 3.67. The summed E-state index contributed by atoms with van der Waals surface area (Å²) >= 11 is 0. The van der Waals surface area contributed by atoms with Crippen LogP contribution in [-0.2, 0) is 6.54 Å². The molecule has 2 saturated heterocycles. The van der Waals surface area contributed by atoms with E-state index in [0.717, 1.165) is 18.8 Å². The molecular weight excluding hydrogens is 334 g/mol. The molecule has 3 heterocycles. The second-order valence-corrected chi connectivity index (χ2v) is 7.97. The van der Waals surface area contributed by atoms with Crippen molar-refractivity contribution >= 4 is 5.69 Å². The van der Waals surface area contributed by atoms with E-state index < -0.39 is 0 Å². The van der Waals surface area contributed by atoms with Crippen molar-refractivity contribution in [3.63, 3.8) is 0 Å². The van der Waals surface area contributed by atoms with Gasteiger partial charge in [-0.25, -0.2) is 0 Å². The van der Waals surface area contributed by atoms with Gasteiger partial charge in [-0.3, -0.25) is 4.90 Å². The summed E-state index contributed by atoms with van der Waals surface area (Å²) < 4.78 is 5.75. The minimum absolute atomic E-state index is 0.341. The third-order valence-electron chi connectivity index (χ3n) is 6.03. The summed E-state index contributed by atoms with van der Waals surface area (Å²) in [5.74, 6) is 1.09. The van der Waals surface area contributed by atoms with Crippen molar-refractivity contribution in [2.45, 2.75) is 51.1 Å². The number of piperidine rings is 2. The maximum atomic E-state index is 5.75. The van der Waals surface area contributed by atoms with Gasteiger partial charge in [0.1, 0.15) is 5.76 Å². The molecule has 1 aromatic carbocycles. The highest BCUT2D eigenvalue weighted by molar-refractivity contribution is 5.47. The van der Waals surface area contributed by atoms with Gasteiger partial charge in [0, 0.05) is 31.9 Å². The standard InChI is InChI=1S/C23H33N3O/c1-3-13-25(14-4-1)21-11-9-20(10-12-21)18-24-19-22(23-8-7-17-27-23)26-15-5-2-6-16-26/h7-12,17,22,24H,1-6,13-16,18-19H2. The van der Waals surface area contributed by atoms with E-state index in [9.17, 15) is 0 Å². The molecule has 0 aliphatic carbocycles. The summed E-state index contributed by atoms with van der Waals surface area (Å²) in [4.78, 5) is 5.10. The first kappa shape index (κ1) is 18.6. The van der Waals surface area contributed by atoms with Crippen LogP contribution in [0.1, 0.15) is 55.9 Å². The third-order valence-corrected chi connectivity index (χ3v) is 6.03. The lowest BCUT2D eigenvalue weighted by Crippen LogP contribution is -2.38. The van der Waals surface area contributed by atoms with E-state index in [1.807, 2.05) is 6.07 Å². The van der Waals surface area contributed by atoms with E-state index in [2.05, 4.69) is 45.4 Å². The molecule has 0 bridgehead atoms. The first-order valence-corrected chi connectivity index (χ1v) is 10.7. The molecular formula is C23H33N3O. The van der Waals surface area contributed by atoms with E-state index in [1.165, 1.54) is 76.0 Å². The number of benzene rings is 1. The van der Waals surface area contributed by atoms with Gasteiger partial charge in [0.05, 0.1) is 12.3 Å². The smallest absolute Gasteiger partial charge is 0.122 e. The number of nitrogens with one attached hydrogen (secondary N) is 1. The predicted octanol–water partition coefficient (Wildman–Crippen LogP) is 4.59. The van der Waals surface area contributed by atoms with Gasteiger partial charge in [0.2, 0.25) is 0 Å². The molecule has 0 spiro atoms. The van der Waals surface area contributed by atoms with Gasteiger partial charge in [-0.15, -0.1) is 0 Å². The van der Waals surface area contributed by atoms with Gasteiger partial charge >= 0.3 is 0 Å². The van der Waals surface area contributed by atoms with Crippen molar-refractivity contribution < 1.29 is 4.42 Å². The highest BCUT2D eigenvalue weighted by Gasteiger charge is 2.24. The van der Waals surface area contributed by atoms with Crippen molar-refractivity contribution in [3.8, 4) is 0 Å². The predicted molar refractivity (Wildman–Crippen MR) is 111 cm³/mol. The molecule has 2 fully saturated rings. The Balaban J connectivity index is 1.31. The van der Waals surface area contributed by atoms with Crippen LogP contribution in [0.25, 0.3) is 0 Å². The molecule has 1 unspecified atom stereocenters. The Bertz CT molecular complexity index is 655. The molecule has 0 radical (unpaired) electrons. The molecule has 27 heavy (non-hydrogen) atoms. The Hall–Kier alpha value is -1.78. The summed E-state index contributed by atoms with van der Waals surface area (Å²) in [6.07, 6.45) is 9.79. The fourth-order valence-corrected chi connectivity index (χ4v) is 4.45. The first-order chi connectivity index (χ1) is 13.4. The lowest BCUT2D eigenvalue weighted by molar-refractivity contribution is 0.142. The Morgan fingerprint density at radius 1 is 0.852 bits per heavy atom. The quantitative estimate of drug-likeness (QED) is 0.776. The normalized spacial score (nSPS) is 19.9. The topological polar surface area (TPSA) is 31.7 Å². The lowest BCUT2D eigenvalue weighted by Gasteiger charge is -2.33. The molecule has 2 aromatic rings. The van der Waals surface area contributed by atoms with Crippen LogP contribution in [0.3, 0.4) is 0 Å². The molecule has 4 rings (SSSR count). The average Bonchev–Trinajstić information content (AvgIpc) is 3.27. The van der Waals surface area contributed by atoms with Crippen molar-refractivity contribution in [1.82, 2.24) is 10.2 Å².